The van der Waals surface area contributed by atoms with Crippen molar-refractivity contribution >= 4 is 43.2 Å². The van der Waals surface area contributed by atoms with Crippen LogP contribution in [0.3, 0.4) is 0 Å². The van der Waals surface area contributed by atoms with Gasteiger partial charge in [-0.3, -0.25) is 0 Å². The van der Waals surface area contributed by atoms with Gasteiger partial charge in [0.15, 0.2) is 0 Å². The molecule has 1 aliphatic carbocycles. The van der Waals surface area contributed by atoms with E-state index in [0.717, 1.165) is 8.95 Å². The van der Waals surface area contributed by atoms with Crippen LogP contribution in [-0.4, -0.2) is 0 Å². The Morgan fingerprint density at radius 3 is 1.50 bits per heavy atom. The average molecular weight is 489 g/mol. The van der Waals surface area contributed by atoms with E-state index < -0.39 is 0 Å². The topological polar surface area (TPSA) is 12.0 Å². The second-order valence-corrected chi connectivity index (χ2v) is 9.18. The number of benzene rings is 4. The molecule has 134 valence electrons. The first kappa shape index (κ1) is 16.6. The number of halogens is 2. The SMILES string of the molecule is Brc1ccc2c(c1)C1(c3ccccc3Nc3ccccc31)c1cc(Br)ccc1-2. The highest BCUT2D eigenvalue weighted by Gasteiger charge is 2.50. The first-order valence-corrected chi connectivity index (χ1v) is 10.8. The molecule has 0 bridgehead atoms. The predicted octanol–water partition coefficient (Wildman–Crippen LogP) is 7.63. The van der Waals surface area contributed by atoms with Crippen molar-refractivity contribution < 1.29 is 0 Å². The molecule has 0 radical (unpaired) electrons. The van der Waals surface area contributed by atoms with E-state index in [9.17, 15) is 0 Å². The van der Waals surface area contributed by atoms with Crippen LogP contribution in [0.2, 0.25) is 0 Å². The smallest absolute Gasteiger partial charge is 0.0754 e. The highest BCUT2D eigenvalue weighted by Crippen LogP contribution is 2.61. The number of hydrogen-bond acceptors (Lipinski definition) is 1. The quantitative estimate of drug-likeness (QED) is 0.231. The molecule has 2 aliphatic rings. The molecule has 28 heavy (non-hydrogen) atoms. The Balaban J connectivity index is 1.87. The zero-order valence-electron chi connectivity index (χ0n) is 14.8. The summed E-state index contributed by atoms with van der Waals surface area (Å²) in [5.74, 6) is 0. The Hall–Kier alpha value is -2.36. The molecule has 3 heteroatoms. The van der Waals surface area contributed by atoms with E-state index in [2.05, 4.69) is 122 Å². The summed E-state index contributed by atoms with van der Waals surface area (Å²) >= 11 is 7.46. The molecular formula is C25H15Br2N. The molecule has 0 atom stereocenters. The Morgan fingerprint density at radius 1 is 0.536 bits per heavy atom. The zero-order valence-corrected chi connectivity index (χ0v) is 18.0. The van der Waals surface area contributed by atoms with E-state index in [1.54, 1.807) is 0 Å². The van der Waals surface area contributed by atoms with E-state index >= 15 is 0 Å². The standard InChI is InChI=1S/C25H15Br2N/c26-15-9-11-17-18-12-10-16(27)14-22(18)25(21(17)13-15)19-5-1-3-7-23(19)28-24-8-4-2-6-20(24)25/h1-14,28H. The normalized spacial score (nSPS) is 14.6. The van der Waals surface area contributed by atoms with Crippen LogP contribution in [-0.2, 0) is 5.41 Å². The maximum atomic E-state index is 3.73. The van der Waals surface area contributed by atoms with Gasteiger partial charge in [-0.15, -0.1) is 0 Å². The number of anilines is 2. The van der Waals surface area contributed by atoms with Gasteiger partial charge in [-0.25, -0.2) is 0 Å². The molecule has 1 aliphatic heterocycles. The van der Waals surface area contributed by atoms with E-state index in [4.69, 9.17) is 0 Å². The van der Waals surface area contributed by atoms with Gasteiger partial charge in [0.25, 0.3) is 0 Å². The van der Waals surface area contributed by atoms with Gasteiger partial charge in [-0.1, -0.05) is 80.4 Å². The minimum absolute atomic E-state index is 0.337. The summed E-state index contributed by atoms with van der Waals surface area (Å²) < 4.78 is 2.21. The molecule has 0 saturated heterocycles. The summed E-state index contributed by atoms with van der Waals surface area (Å²) in [7, 11) is 0. The second-order valence-electron chi connectivity index (χ2n) is 7.35. The minimum Gasteiger partial charge on any atom is -0.355 e. The van der Waals surface area contributed by atoms with Gasteiger partial charge in [0.1, 0.15) is 0 Å². The van der Waals surface area contributed by atoms with Gasteiger partial charge < -0.3 is 5.32 Å². The Bertz CT molecular complexity index is 1180. The maximum absolute atomic E-state index is 3.73. The Morgan fingerprint density at radius 2 is 1.00 bits per heavy atom. The van der Waals surface area contributed by atoms with Crippen LogP contribution < -0.4 is 5.32 Å². The lowest BCUT2D eigenvalue weighted by Crippen LogP contribution is -2.33. The van der Waals surface area contributed by atoms with Gasteiger partial charge in [0, 0.05) is 20.3 Å². The third-order valence-corrected chi connectivity index (χ3v) is 6.98. The van der Waals surface area contributed by atoms with Crippen LogP contribution in [0.4, 0.5) is 11.4 Å². The lowest BCUT2D eigenvalue weighted by atomic mass is 9.65. The number of fused-ring (bicyclic) bond motifs is 9. The van der Waals surface area contributed by atoms with Crippen LogP contribution >= 0.6 is 31.9 Å². The van der Waals surface area contributed by atoms with Crippen molar-refractivity contribution in [2.24, 2.45) is 0 Å². The number of para-hydroxylation sites is 2. The van der Waals surface area contributed by atoms with E-state index in [1.807, 2.05) is 0 Å². The molecule has 0 unspecified atom stereocenters. The molecule has 6 rings (SSSR count). The zero-order chi connectivity index (χ0) is 18.9. The molecule has 1 nitrogen and oxygen atoms in total. The van der Waals surface area contributed by atoms with Crippen LogP contribution in [0.25, 0.3) is 11.1 Å². The molecule has 4 aromatic carbocycles. The molecule has 4 aromatic rings. The lowest BCUT2D eigenvalue weighted by Gasteiger charge is -2.40. The largest absolute Gasteiger partial charge is 0.355 e. The first-order valence-electron chi connectivity index (χ1n) is 9.26. The van der Waals surface area contributed by atoms with Gasteiger partial charge in [-0.05, 0) is 69.8 Å². The molecule has 1 spiro atoms. The molecule has 0 fully saturated rings. The van der Waals surface area contributed by atoms with Gasteiger partial charge in [0.05, 0.1) is 5.41 Å². The second kappa shape index (κ2) is 5.82. The lowest BCUT2D eigenvalue weighted by molar-refractivity contribution is 0.762. The van der Waals surface area contributed by atoms with Crippen molar-refractivity contribution in [1.82, 2.24) is 0 Å². The average Bonchev–Trinajstić information content (AvgIpc) is 2.98. The number of rotatable bonds is 0. The molecule has 1 N–H and O–H groups in total. The van der Waals surface area contributed by atoms with Gasteiger partial charge in [-0.2, -0.15) is 0 Å². The van der Waals surface area contributed by atoms with Crippen molar-refractivity contribution in [3.8, 4) is 11.1 Å². The summed E-state index contributed by atoms with van der Waals surface area (Å²) in [4.78, 5) is 0. The third-order valence-electron chi connectivity index (χ3n) is 5.99. The monoisotopic (exact) mass is 487 g/mol. The first-order chi connectivity index (χ1) is 13.7. The molecule has 0 aromatic heterocycles. The van der Waals surface area contributed by atoms with Crippen molar-refractivity contribution in [3.63, 3.8) is 0 Å². The van der Waals surface area contributed by atoms with Crippen molar-refractivity contribution in [2.75, 3.05) is 5.32 Å². The van der Waals surface area contributed by atoms with Crippen molar-refractivity contribution in [1.29, 1.82) is 0 Å². The molecule has 0 saturated carbocycles. The molecular weight excluding hydrogens is 474 g/mol. The van der Waals surface area contributed by atoms with Crippen molar-refractivity contribution in [3.05, 3.63) is 116 Å². The Kier molecular flexibility index (Phi) is 3.45. The molecule has 0 amide bonds. The van der Waals surface area contributed by atoms with Crippen LogP contribution in [0.1, 0.15) is 22.3 Å². The van der Waals surface area contributed by atoms with Crippen molar-refractivity contribution in [2.45, 2.75) is 5.41 Å². The highest BCUT2D eigenvalue weighted by atomic mass is 79.9. The number of nitrogens with one attached hydrogen (secondary N) is 1. The van der Waals surface area contributed by atoms with Gasteiger partial charge >= 0.3 is 0 Å². The van der Waals surface area contributed by atoms with E-state index in [1.165, 1.54) is 44.8 Å². The fourth-order valence-corrected chi connectivity index (χ4v) is 5.70. The van der Waals surface area contributed by atoms with Gasteiger partial charge in [0.2, 0.25) is 0 Å². The summed E-state index contributed by atoms with van der Waals surface area (Å²) in [5, 5.41) is 3.66. The summed E-state index contributed by atoms with van der Waals surface area (Å²) in [6.45, 7) is 0. The van der Waals surface area contributed by atoms with Crippen LogP contribution in [0.15, 0.2) is 93.9 Å². The summed E-state index contributed by atoms with van der Waals surface area (Å²) in [5.41, 5.74) is 9.85. The summed E-state index contributed by atoms with van der Waals surface area (Å²) in [6, 6.07) is 30.7. The van der Waals surface area contributed by atoms with Crippen LogP contribution in [0.5, 0.6) is 0 Å². The van der Waals surface area contributed by atoms with E-state index in [-0.39, 0.29) is 5.41 Å². The third kappa shape index (κ3) is 2.01. The number of hydrogen-bond donors (Lipinski definition) is 1. The highest BCUT2D eigenvalue weighted by molar-refractivity contribution is 9.10. The summed E-state index contributed by atoms with van der Waals surface area (Å²) in [6.07, 6.45) is 0. The minimum atomic E-state index is -0.337. The Labute approximate surface area is 180 Å². The van der Waals surface area contributed by atoms with Crippen LogP contribution in [0, 0.1) is 0 Å². The van der Waals surface area contributed by atoms with E-state index in [0.29, 0.717) is 0 Å². The fraction of sp³-hybridized carbons (Fsp3) is 0.0400. The maximum Gasteiger partial charge on any atom is 0.0754 e. The predicted molar refractivity (Wildman–Crippen MR) is 122 cm³/mol. The molecule has 1 heterocycles. The fourth-order valence-electron chi connectivity index (χ4n) is 4.98.